The topological polar surface area (TPSA) is 44.4 Å². The Labute approximate surface area is 149 Å². The summed E-state index contributed by atoms with van der Waals surface area (Å²) in [5.41, 5.74) is 1.83. The van der Waals surface area contributed by atoms with Gasteiger partial charge in [-0.05, 0) is 57.4 Å². The van der Waals surface area contributed by atoms with Crippen LogP contribution in [0.1, 0.15) is 31.2 Å². The Balaban J connectivity index is 0.00000192. The third-order valence-corrected chi connectivity index (χ3v) is 5.17. The van der Waals surface area contributed by atoms with E-state index in [1.165, 1.54) is 12.8 Å². The Kier molecular flexibility index (Phi) is 6.32. The highest BCUT2D eigenvalue weighted by Gasteiger charge is 2.35. The number of benzene rings is 1. The molecule has 2 fully saturated rings. The van der Waals surface area contributed by atoms with Crippen molar-refractivity contribution in [2.75, 3.05) is 18.9 Å². The summed E-state index contributed by atoms with van der Waals surface area (Å²) >= 11 is 6.00. The van der Waals surface area contributed by atoms with E-state index in [1.54, 1.807) is 6.07 Å². The van der Waals surface area contributed by atoms with E-state index < -0.39 is 0 Å². The predicted octanol–water partition coefficient (Wildman–Crippen LogP) is 3.22. The SMILES string of the molecule is Cc1ccc(Cl)cc1NC(=O)CN(C)C1CC2CCC(C1)N2.Cl. The zero-order valence-electron chi connectivity index (χ0n) is 13.6. The molecule has 0 radical (unpaired) electrons. The molecular formula is C17H25Cl2N3O. The van der Waals surface area contributed by atoms with Gasteiger partial charge in [0.05, 0.1) is 6.54 Å². The summed E-state index contributed by atoms with van der Waals surface area (Å²) in [6, 6.07) is 7.36. The van der Waals surface area contributed by atoms with Crippen molar-refractivity contribution in [3.8, 4) is 0 Å². The first-order valence-corrected chi connectivity index (χ1v) is 8.41. The van der Waals surface area contributed by atoms with Crippen LogP contribution in [0.3, 0.4) is 0 Å². The van der Waals surface area contributed by atoms with E-state index in [4.69, 9.17) is 11.6 Å². The van der Waals surface area contributed by atoms with Gasteiger partial charge < -0.3 is 10.6 Å². The van der Waals surface area contributed by atoms with Gasteiger partial charge in [0.25, 0.3) is 0 Å². The van der Waals surface area contributed by atoms with Crippen LogP contribution in [0.5, 0.6) is 0 Å². The quantitative estimate of drug-likeness (QED) is 0.869. The van der Waals surface area contributed by atoms with Gasteiger partial charge in [-0.2, -0.15) is 0 Å². The zero-order valence-corrected chi connectivity index (χ0v) is 15.2. The van der Waals surface area contributed by atoms with Crippen molar-refractivity contribution in [1.82, 2.24) is 10.2 Å². The molecule has 4 nitrogen and oxygen atoms in total. The highest BCUT2D eigenvalue weighted by atomic mass is 35.5. The molecule has 2 saturated heterocycles. The largest absolute Gasteiger partial charge is 0.325 e. The van der Waals surface area contributed by atoms with Crippen LogP contribution in [0, 0.1) is 6.92 Å². The third-order valence-electron chi connectivity index (χ3n) is 4.94. The second-order valence-corrected chi connectivity index (χ2v) is 7.12. The minimum Gasteiger partial charge on any atom is -0.325 e. The van der Waals surface area contributed by atoms with Crippen LogP contribution in [0.25, 0.3) is 0 Å². The molecule has 2 unspecified atom stereocenters. The number of rotatable bonds is 4. The van der Waals surface area contributed by atoms with Gasteiger partial charge in [0, 0.05) is 28.8 Å². The number of carbonyl (C=O) groups is 1. The molecule has 0 spiro atoms. The third kappa shape index (κ3) is 4.60. The Morgan fingerprint density at radius 2 is 2.00 bits per heavy atom. The molecule has 0 aromatic heterocycles. The molecule has 1 aromatic rings. The number of nitrogens with one attached hydrogen (secondary N) is 2. The summed E-state index contributed by atoms with van der Waals surface area (Å²) in [6.07, 6.45) is 4.86. The minimum atomic E-state index is 0. The number of nitrogens with zero attached hydrogens (tertiary/aromatic N) is 1. The highest BCUT2D eigenvalue weighted by molar-refractivity contribution is 6.31. The number of anilines is 1. The average Bonchev–Trinajstić information content (AvgIpc) is 2.81. The summed E-state index contributed by atoms with van der Waals surface area (Å²) in [4.78, 5) is 14.5. The fourth-order valence-electron chi connectivity index (χ4n) is 3.66. The second kappa shape index (κ2) is 7.84. The van der Waals surface area contributed by atoms with Gasteiger partial charge >= 0.3 is 0 Å². The van der Waals surface area contributed by atoms with E-state index >= 15 is 0 Å². The van der Waals surface area contributed by atoms with Gasteiger partial charge in [-0.25, -0.2) is 0 Å². The molecule has 2 heterocycles. The summed E-state index contributed by atoms with van der Waals surface area (Å²) in [5.74, 6) is 0.0266. The van der Waals surface area contributed by atoms with Crippen molar-refractivity contribution in [3.63, 3.8) is 0 Å². The first-order valence-electron chi connectivity index (χ1n) is 8.03. The van der Waals surface area contributed by atoms with Gasteiger partial charge in [0.1, 0.15) is 0 Å². The number of piperidine rings is 1. The molecule has 2 aliphatic rings. The molecule has 2 atom stereocenters. The molecule has 0 aliphatic carbocycles. The molecule has 1 amide bonds. The lowest BCUT2D eigenvalue weighted by atomic mass is 9.98. The lowest BCUT2D eigenvalue weighted by molar-refractivity contribution is -0.117. The summed E-state index contributed by atoms with van der Waals surface area (Å²) in [6.45, 7) is 2.40. The maximum Gasteiger partial charge on any atom is 0.238 e. The molecule has 2 N–H and O–H groups in total. The normalized spacial score (nSPS) is 26.0. The van der Waals surface area contributed by atoms with Crippen LogP contribution in [-0.4, -0.2) is 42.5 Å². The zero-order chi connectivity index (χ0) is 15.7. The smallest absolute Gasteiger partial charge is 0.238 e. The number of fused-ring (bicyclic) bond motifs is 2. The standard InChI is InChI=1S/C17H24ClN3O.ClH/c1-11-3-4-12(18)7-16(11)20-17(22)10-21(2)15-8-13-5-6-14(9-15)19-13;/h3-4,7,13-15,19H,5-6,8-10H2,1-2H3,(H,20,22);1H. The van der Waals surface area contributed by atoms with Crippen LogP contribution < -0.4 is 10.6 Å². The molecule has 2 bridgehead atoms. The number of amides is 1. The maximum absolute atomic E-state index is 12.3. The van der Waals surface area contributed by atoms with Crippen LogP contribution in [-0.2, 0) is 4.79 Å². The van der Waals surface area contributed by atoms with E-state index in [0.29, 0.717) is 29.7 Å². The second-order valence-electron chi connectivity index (χ2n) is 6.69. The number of carbonyl (C=O) groups excluding carboxylic acids is 1. The number of hydrogen-bond donors (Lipinski definition) is 2. The molecule has 3 rings (SSSR count). The first-order chi connectivity index (χ1) is 10.5. The number of halogens is 2. The lowest BCUT2D eigenvalue weighted by Gasteiger charge is -2.35. The van der Waals surface area contributed by atoms with Crippen molar-refractivity contribution < 1.29 is 4.79 Å². The summed E-state index contributed by atoms with van der Waals surface area (Å²) in [7, 11) is 2.06. The lowest BCUT2D eigenvalue weighted by Crippen LogP contribution is -2.48. The Morgan fingerprint density at radius 3 is 2.65 bits per heavy atom. The van der Waals surface area contributed by atoms with Crippen LogP contribution >= 0.6 is 24.0 Å². The van der Waals surface area contributed by atoms with Crippen molar-refractivity contribution >= 4 is 35.6 Å². The molecular weight excluding hydrogens is 333 g/mol. The van der Waals surface area contributed by atoms with E-state index in [2.05, 4.69) is 22.6 Å². The minimum absolute atomic E-state index is 0. The van der Waals surface area contributed by atoms with Crippen molar-refractivity contribution in [3.05, 3.63) is 28.8 Å². The number of hydrogen-bond acceptors (Lipinski definition) is 3. The number of likely N-dealkylation sites (N-methyl/N-ethyl adjacent to an activating group) is 1. The van der Waals surface area contributed by atoms with Crippen LogP contribution in [0.4, 0.5) is 5.69 Å². The van der Waals surface area contributed by atoms with Gasteiger partial charge in [0.2, 0.25) is 5.91 Å². The van der Waals surface area contributed by atoms with Gasteiger partial charge in [-0.1, -0.05) is 17.7 Å². The first kappa shape index (κ1) is 18.5. The molecule has 0 saturated carbocycles. The molecule has 2 aliphatic heterocycles. The fraction of sp³-hybridized carbons (Fsp3) is 0.588. The van der Waals surface area contributed by atoms with Crippen molar-refractivity contribution in [2.24, 2.45) is 0 Å². The van der Waals surface area contributed by atoms with Crippen molar-refractivity contribution in [2.45, 2.75) is 50.7 Å². The average molecular weight is 358 g/mol. The van der Waals surface area contributed by atoms with E-state index in [-0.39, 0.29) is 18.3 Å². The summed E-state index contributed by atoms with van der Waals surface area (Å²) in [5, 5.41) is 7.26. The van der Waals surface area contributed by atoms with Gasteiger partial charge in [-0.15, -0.1) is 12.4 Å². The fourth-order valence-corrected chi connectivity index (χ4v) is 3.83. The monoisotopic (exact) mass is 357 g/mol. The molecule has 6 heteroatoms. The Bertz CT molecular complexity index is 555. The summed E-state index contributed by atoms with van der Waals surface area (Å²) < 4.78 is 0. The maximum atomic E-state index is 12.3. The molecule has 23 heavy (non-hydrogen) atoms. The van der Waals surface area contributed by atoms with Crippen molar-refractivity contribution in [1.29, 1.82) is 0 Å². The number of aryl methyl sites for hydroxylation is 1. The van der Waals surface area contributed by atoms with Crippen LogP contribution in [0.15, 0.2) is 18.2 Å². The Hall–Kier alpha value is -0.810. The predicted molar refractivity (Wildman–Crippen MR) is 97.7 cm³/mol. The van der Waals surface area contributed by atoms with Gasteiger partial charge in [-0.3, -0.25) is 9.69 Å². The van der Waals surface area contributed by atoms with E-state index in [9.17, 15) is 4.79 Å². The van der Waals surface area contributed by atoms with Gasteiger partial charge in [0.15, 0.2) is 0 Å². The molecule has 128 valence electrons. The van der Waals surface area contributed by atoms with E-state index in [1.807, 2.05) is 19.1 Å². The Morgan fingerprint density at radius 1 is 1.35 bits per heavy atom. The van der Waals surface area contributed by atoms with E-state index in [0.717, 1.165) is 24.1 Å². The molecule has 1 aromatic carbocycles. The van der Waals surface area contributed by atoms with Crippen LogP contribution in [0.2, 0.25) is 5.02 Å². The highest BCUT2D eigenvalue weighted by Crippen LogP contribution is 2.29.